The molecule has 0 heterocycles. The lowest BCUT2D eigenvalue weighted by molar-refractivity contribution is 0.392. The highest BCUT2D eigenvalue weighted by Gasteiger charge is 2.26. The van der Waals surface area contributed by atoms with E-state index in [9.17, 15) is 0 Å². The fourth-order valence-electron chi connectivity index (χ4n) is 3.72. The molecule has 2 heteroatoms. The van der Waals surface area contributed by atoms with Crippen LogP contribution in [0.4, 0.5) is 0 Å². The van der Waals surface area contributed by atoms with Crippen LogP contribution in [0.2, 0.25) is 0 Å². The first-order valence-electron chi connectivity index (χ1n) is 7.77. The SMILES string of the molecule is CC1CCCC(NC2CCc3c(Br)cccc32)CC1. The van der Waals surface area contributed by atoms with Gasteiger partial charge in [0.1, 0.15) is 0 Å². The average molecular weight is 322 g/mol. The number of rotatable bonds is 2. The maximum absolute atomic E-state index is 3.94. The van der Waals surface area contributed by atoms with Gasteiger partial charge in [-0.3, -0.25) is 0 Å². The van der Waals surface area contributed by atoms with E-state index in [0.717, 1.165) is 12.0 Å². The van der Waals surface area contributed by atoms with E-state index < -0.39 is 0 Å². The van der Waals surface area contributed by atoms with Gasteiger partial charge in [-0.2, -0.15) is 0 Å². The van der Waals surface area contributed by atoms with Crippen LogP contribution >= 0.6 is 15.9 Å². The number of fused-ring (bicyclic) bond motifs is 1. The van der Waals surface area contributed by atoms with Crippen molar-refractivity contribution in [2.75, 3.05) is 0 Å². The second kappa shape index (κ2) is 5.97. The standard InChI is InChI=1S/C17H24BrN/c1-12-4-2-5-13(9-8-12)19-17-11-10-14-15(17)6-3-7-16(14)18/h3,6-7,12-13,17,19H,2,4-5,8-11H2,1H3. The molecule has 0 amide bonds. The molecule has 0 spiro atoms. The Kier molecular flexibility index (Phi) is 4.28. The van der Waals surface area contributed by atoms with Gasteiger partial charge in [0.2, 0.25) is 0 Å². The van der Waals surface area contributed by atoms with Crippen molar-refractivity contribution in [3.63, 3.8) is 0 Å². The largest absolute Gasteiger partial charge is 0.307 e. The Morgan fingerprint density at radius 3 is 2.89 bits per heavy atom. The van der Waals surface area contributed by atoms with Crippen LogP contribution in [-0.4, -0.2) is 6.04 Å². The van der Waals surface area contributed by atoms with Crippen LogP contribution in [0.5, 0.6) is 0 Å². The van der Waals surface area contributed by atoms with Crippen molar-refractivity contribution < 1.29 is 0 Å². The van der Waals surface area contributed by atoms with E-state index in [1.54, 1.807) is 0 Å². The van der Waals surface area contributed by atoms with E-state index >= 15 is 0 Å². The molecule has 0 saturated heterocycles. The van der Waals surface area contributed by atoms with E-state index in [1.807, 2.05) is 0 Å². The Morgan fingerprint density at radius 1 is 1.11 bits per heavy atom. The third kappa shape index (κ3) is 3.05. The zero-order chi connectivity index (χ0) is 13.2. The van der Waals surface area contributed by atoms with Crippen molar-refractivity contribution >= 4 is 15.9 Å². The van der Waals surface area contributed by atoms with Gasteiger partial charge in [-0.15, -0.1) is 0 Å². The van der Waals surface area contributed by atoms with Crippen molar-refractivity contribution in [2.24, 2.45) is 5.92 Å². The lowest BCUT2D eigenvalue weighted by Crippen LogP contribution is -2.31. The van der Waals surface area contributed by atoms with Gasteiger partial charge in [0.05, 0.1) is 0 Å². The lowest BCUT2D eigenvalue weighted by Gasteiger charge is -2.22. The van der Waals surface area contributed by atoms with Gasteiger partial charge in [-0.25, -0.2) is 0 Å². The first kappa shape index (κ1) is 13.6. The Balaban J connectivity index is 1.67. The molecule has 1 aromatic rings. The summed E-state index contributed by atoms with van der Waals surface area (Å²) in [5.74, 6) is 0.928. The first-order valence-corrected chi connectivity index (χ1v) is 8.56. The van der Waals surface area contributed by atoms with Gasteiger partial charge in [0.15, 0.2) is 0 Å². The smallest absolute Gasteiger partial charge is 0.0328 e. The van der Waals surface area contributed by atoms with Crippen LogP contribution in [0.15, 0.2) is 22.7 Å². The highest BCUT2D eigenvalue weighted by atomic mass is 79.9. The molecule has 19 heavy (non-hydrogen) atoms. The molecule has 104 valence electrons. The molecule has 1 saturated carbocycles. The molecule has 1 nitrogen and oxygen atoms in total. The first-order chi connectivity index (χ1) is 9.24. The van der Waals surface area contributed by atoms with Crippen molar-refractivity contribution in [3.05, 3.63) is 33.8 Å². The zero-order valence-electron chi connectivity index (χ0n) is 11.8. The van der Waals surface area contributed by atoms with Crippen molar-refractivity contribution in [2.45, 2.75) is 64.0 Å². The molecular formula is C17H24BrN. The highest BCUT2D eigenvalue weighted by molar-refractivity contribution is 9.10. The second-order valence-corrected chi connectivity index (χ2v) is 7.23. The summed E-state index contributed by atoms with van der Waals surface area (Å²) < 4.78 is 1.30. The molecule has 1 aromatic carbocycles. The van der Waals surface area contributed by atoms with E-state index in [0.29, 0.717) is 6.04 Å². The van der Waals surface area contributed by atoms with Crippen LogP contribution in [0, 0.1) is 5.92 Å². The third-order valence-corrected chi connectivity index (χ3v) is 5.65. The van der Waals surface area contributed by atoms with E-state index in [-0.39, 0.29) is 0 Å². The second-order valence-electron chi connectivity index (χ2n) is 6.38. The molecule has 1 N–H and O–H groups in total. The van der Waals surface area contributed by atoms with Gasteiger partial charge in [0, 0.05) is 16.6 Å². The molecule has 1 fully saturated rings. The quantitative estimate of drug-likeness (QED) is 0.756. The number of hydrogen-bond donors (Lipinski definition) is 1. The molecule has 2 aliphatic rings. The summed E-state index contributed by atoms with van der Waals surface area (Å²) >= 11 is 3.69. The summed E-state index contributed by atoms with van der Waals surface area (Å²) in [5.41, 5.74) is 3.06. The maximum atomic E-state index is 3.94. The summed E-state index contributed by atoms with van der Waals surface area (Å²) in [5, 5.41) is 3.94. The number of halogens is 1. The third-order valence-electron chi connectivity index (χ3n) is 4.91. The normalized spacial score (nSPS) is 30.9. The lowest BCUT2D eigenvalue weighted by atomic mass is 10.0. The minimum absolute atomic E-state index is 0.589. The number of hydrogen-bond acceptors (Lipinski definition) is 1. The molecular weight excluding hydrogens is 298 g/mol. The van der Waals surface area contributed by atoms with Crippen molar-refractivity contribution in [1.29, 1.82) is 0 Å². The summed E-state index contributed by atoms with van der Waals surface area (Å²) in [4.78, 5) is 0. The maximum Gasteiger partial charge on any atom is 0.0328 e. The van der Waals surface area contributed by atoms with Gasteiger partial charge in [-0.05, 0) is 55.2 Å². The number of benzene rings is 1. The topological polar surface area (TPSA) is 12.0 Å². The highest BCUT2D eigenvalue weighted by Crippen LogP contribution is 2.36. The molecule has 0 radical (unpaired) electrons. The molecule has 3 atom stereocenters. The molecule has 0 aliphatic heterocycles. The summed E-state index contributed by atoms with van der Waals surface area (Å²) in [6, 6.07) is 7.99. The van der Waals surface area contributed by atoms with E-state index in [2.05, 4.69) is 46.4 Å². The van der Waals surface area contributed by atoms with Crippen LogP contribution in [0.1, 0.15) is 62.6 Å². The van der Waals surface area contributed by atoms with Gasteiger partial charge < -0.3 is 5.32 Å². The predicted octanol–water partition coefficient (Wildman–Crippen LogP) is 4.99. The van der Waals surface area contributed by atoms with Crippen molar-refractivity contribution in [1.82, 2.24) is 5.32 Å². The summed E-state index contributed by atoms with van der Waals surface area (Å²) in [7, 11) is 0. The minimum atomic E-state index is 0.589. The van der Waals surface area contributed by atoms with E-state index in [1.165, 1.54) is 60.5 Å². The van der Waals surface area contributed by atoms with E-state index in [4.69, 9.17) is 0 Å². The Labute approximate surface area is 125 Å². The van der Waals surface area contributed by atoms with Crippen LogP contribution < -0.4 is 5.32 Å². The molecule has 0 bridgehead atoms. The fourth-order valence-corrected chi connectivity index (χ4v) is 4.30. The predicted molar refractivity (Wildman–Crippen MR) is 84.4 cm³/mol. The molecule has 0 aromatic heterocycles. The zero-order valence-corrected chi connectivity index (χ0v) is 13.4. The summed E-state index contributed by atoms with van der Waals surface area (Å²) in [6.07, 6.45) is 9.43. The van der Waals surface area contributed by atoms with Crippen LogP contribution in [0.25, 0.3) is 0 Å². The monoisotopic (exact) mass is 321 g/mol. The minimum Gasteiger partial charge on any atom is -0.307 e. The van der Waals surface area contributed by atoms with Gasteiger partial charge >= 0.3 is 0 Å². The molecule has 3 rings (SSSR count). The molecule has 3 unspecified atom stereocenters. The van der Waals surface area contributed by atoms with Gasteiger partial charge in [-0.1, -0.05) is 47.8 Å². The fraction of sp³-hybridized carbons (Fsp3) is 0.647. The Hall–Kier alpha value is -0.340. The average Bonchev–Trinajstić information content (AvgIpc) is 2.69. The molecule has 2 aliphatic carbocycles. The summed E-state index contributed by atoms with van der Waals surface area (Å²) in [6.45, 7) is 2.41. The van der Waals surface area contributed by atoms with Crippen molar-refractivity contribution in [3.8, 4) is 0 Å². The van der Waals surface area contributed by atoms with Gasteiger partial charge in [0.25, 0.3) is 0 Å². The number of nitrogens with one attached hydrogen (secondary N) is 1. The Bertz CT molecular complexity index is 443. The van der Waals surface area contributed by atoms with Crippen LogP contribution in [-0.2, 0) is 6.42 Å². The Morgan fingerprint density at radius 2 is 2.00 bits per heavy atom. The van der Waals surface area contributed by atoms with Crippen LogP contribution in [0.3, 0.4) is 0 Å².